The first-order valence-corrected chi connectivity index (χ1v) is 25.3. The summed E-state index contributed by atoms with van der Waals surface area (Å²) in [6, 6.07) is -0.765. The summed E-state index contributed by atoms with van der Waals surface area (Å²) < 4.78 is 5.77. The Morgan fingerprint density at radius 2 is 0.937 bits per heavy atom. The minimum absolute atomic E-state index is 0.0823. The van der Waals surface area contributed by atoms with Gasteiger partial charge < -0.3 is 20.3 Å². The highest BCUT2D eigenvalue weighted by Crippen LogP contribution is 2.16. The Morgan fingerprint density at radius 1 is 0.508 bits per heavy atom. The molecule has 3 N–H and O–H groups in total. The minimum atomic E-state index is -0.839. The first-order chi connectivity index (χ1) is 31.0. The van der Waals surface area contributed by atoms with Crippen LogP contribution in [-0.2, 0) is 14.3 Å². The number of hydrogen-bond acceptors (Lipinski definition) is 5. The van der Waals surface area contributed by atoms with Crippen molar-refractivity contribution in [1.82, 2.24) is 5.32 Å². The Bertz CT molecular complexity index is 1350. The van der Waals surface area contributed by atoms with E-state index in [0.29, 0.717) is 19.3 Å². The molecular formula is C57H93NO5. The van der Waals surface area contributed by atoms with Crippen LogP contribution >= 0.6 is 0 Å². The Morgan fingerprint density at radius 3 is 1.41 bits per heavy atom. The van der Waals surface area contributed by atoms with Crippen LogP contribution in [-0.4, -0.2) is 46.9 Å². The molecule has 0 aromatic heterocycles. The molecule has 0 saturated carbocycles. The van der Waals surface area contributed by atoms with Gasteiger partial charge in [0, 0.05) is 6.42 Å². The van der Waals surface area contributed by atoms with E-state index in [0.717, 1.165) is 57.8 Å². The fourth-order valence-corrected chi connectivity index (χ4v) is 6.89. The van der Waals surface area contributed by atoms with Crippen molar-refractivity contribution in [3.63, 3.8) is 0 Å². The second-order valence-corrected chi connectivity index (χ2v) is 16.6. The number of nitrogens with one attached hydrogen (secondary N) is 1. The number of carbonyl (C=O) groups excluding carboxylic acids is 2. The number of unbranched alkanes of at least 4 members (excludes halogenated alkanes) is 17. The molecule has 0 aliphatic heterocycles. The summed E-state index contributed by atoms with van der Waals surface area (Å²) >= 11 is 0. The molecule has 0 spiro atoms. The summed E-state index contributed by atoms with van der Waals surface area (Å²) in [6.07, 6.45) is 68.7. The Kier molecular flexibility index (Phi) is 46.4. The van der Waals surface area contributed by atoms with Crippen LogP contribution in [0.2, 0.25) is 0 Å². The van der Waals surface area contributed by atoms with E-state index in [1.165, 1.54) is 89.9 Å². The summed E-state index contributed by atoms with van der Waals surface area (Å²) in [5.41, 5.74) is 0. The molecular weight excluding hydrogens is 779 g/mol. The third-order valence-electron chi connectivity index (χ3n) is 10.7. The van der Waals surface area contributed by atoms with Gasteiger partial charge in [-0.05, 0) is 63.9 Å². The van der Waals surface area contributed by atoms with Crippen LogP contribution in [0, 0.1) is 0 Å². The maximum atomic E-state index is 13.2. The van der Waals surface area contributed by atoms with Gasteiger partial charge in [-0.1, -0.05) is 245 Å². The first-order valence-electron chi connectivity index (χ1n) is 25.3. The molecule has 0 fully saturated rings. The SMILES string of the molecule is CC/C=C/C=C/C=C\C=C/C=C/CCCC(=O)OC(/C=C/C/C=C/C/C=C/C/C=C/C/C=C/CC)CC(=O)NC(CO)C(O)CCCCCCCCCCCCCCCCCCC. The number of esters is 1. The number of aliphatic hydroxyl groups excluding tert-OH is 2. The zero-order chi connectivity index (χ0) is 45.9. The summed E-state index contributed by atoms with van der Waals surface area (Å²) in [4.78, 5) is 26.0. The number of rotatable bonds is 43. The summed E-state index contributed by atoms with van der Waals surface area (Å²) in [7, 11) is 0. The van der Waals surface area contributed by atoms with E-state index in [2.05, 4.69) is 80.8 Å². The molecule has 0 bridgehead atoms. The highest BCUT2D eigenvalue weighted by Gasteiger charge is 2.23. The predicted octanol–water partition coefficient (Wildman–Crippen LogP) is 15.3. The van der Waals surface area contributed by atoms with Gasteiger partial charge in [0.15, 0.2) is 0 Å². The van der Waals surface area contributed by atoms with Gasteiger partial charge in [0.25, 0.3) is 0 Å². The molecule has 0 aromatic carbocycles. The van der Waals surface area contributed by atoms with Crippen molar-refractivity contribution in [3.05, 3.63) is 122 Å². The molecule has 6 nitrogen and oxygen atoms in total. The van der Waals surface area contributed by atoms with Gasteiger partial charge in [-0.3, -0.25) is 9.59 Å². The van der Waals surface area contributed by atoms with Crippen LogP contribution in [0.1, 0.15) is 201 Å². The van der Waals surface area contributed by atoms with Crippen LogP contribution in [0.4, 0.5) is 0 Å². The normalized spacial score (nSPS) is 14.3. The largest absolute Gasteiger partial charge is 0.458 e. The van der Waals surface area contributed by atoms with E-state index in [9.17, 15) is 19.8 Å². The molecule has 0 heterocycles. The summed E-state index contributed by atoms with van der Waals surface area (Å²) in [5.74, 6) is -0.729. The molecule has 63 heavy (non-hydrogen) atoms. The third kappa shape index (κ3) is 44.7. The maximum Gasteiger partial charge on any atom is 0.306 e. The number of ether oxygens (including phenoxy) is 1. The van der Waals surface area contributed by atoms with Crippen molar-refractivity contribution in [2.24, 2.45) is 0 Å². The number of carbonyl (C=O) groups is 2. The van der Waals surface area contributed by atoms with Crippen LogP contribution in [0.25, 0.3) is 0 Å². The summed E-state index contributed by atoms with van der Waals surface area (Å²) in [6.45, 7) is 6.16. The fraction of sp³-hybridized carbons (Fsp3) is 0.614. The van der Waals surface area contributed by atoms with E-state index < -0.39 is 18.2 Å². The molecule has 0 radical (unpaired) electrons. The predicted molar refractivity (Wildman–Crippen MR) is 273 cm³/mol. The second kappa shape index (κ2) is 49.3. The Hall–Kier alpha value is -3.74. The van der Waals surface area contributed by atoms with Gasteiger partial charge in [-0.2, -0.15) is 0 Å². The monoisotopic (exact) mass is 872 g/mol. The lowest BCUT2D eigenvalue weighted by Gasteiger charge is -2.23. The molecule has 3 atom stereocenters. The number of allylic oxidation sites excluding steroid dienone is 19. The molecule has 0 saturated heterocycles. The highest BCUT2D eigenvalue weighted by molar-refractivity contribution is 5.78. The molecule has 0 aliphatic carbocycles. The van der Waals surface area contributed by atoms with Crippen molar-refractivity contribution < 1.29 is 24.5 Å². The second-order valence-electron chi connectivity index (χ2n) is 16.6. The number of aliphatic hydroxyl groups is 2. The lowest BCUT2D eigenvalue weighted by molar-refractivity contribution is -0.148. The fourth-order valence-electron chi connectivity index (χ4n) is 6.89. The highest BCUT2D eigenvalue weighted by atomic mass is 16.5. The Balaban J connectivity index is 4.78. The maximum absolute atomic E-state index is 13.2. The van der Waals surface area contributed by atoms with E-state index in [1.807, 2.05) is 60.8 Å². The number of hydrogen-bond donors (Lipinski definition) is 3. The molecule has 1 amide bonds. The standard InChI is InChI=1S/C57H93NO5/c1-4-7-10-13-16-19-22-25-27-28-29-32-34-37-40-43-46-49-55(60)54(52-59)58-56(61)51-53(48-45-42-39-36-33-31-26-23-20-17-14-11-8-5-2)63-57(62)50-47-44-41-38-35-30-24-21-18-15-12-9-6-3/h8-9,11-12,15,17-18,20-21,24,26,30-31,35-36,38-39,41,45,48,53-55,59-60H,4-7,10,13-14,16,19,22-23,25,27-29,32-34,37,40,42-44,46-47,49-52H2,1-3H3,(H,58,61)/b11-8+,12-9+,18-15+,20-17+,24-21-,31-26+,35-30-,39-36+,41-38+,48-45+. The van der Waals surface area contributed by atoms with Crippen molar-refractivity contribution in [2.75, 3.05) is 6.61 Å². The van der Waals surface area contributed by atoms with E-state index in [4.69, 9.17) is 4.74 Å². The van der Waals surface area contributed by atoms with E-state index in [1.54, 1.807) is 6.08 Å². The zero-order valence-electron chi connectivity index (χ0n) is 40.4. The van der Waals surface area contributed by atoms with Crippen molar-refractivity contribution in [2.45, 2.75) is 219 Å². The van der Waals surface area contributed by atoms with Gasteiger partial charge in [-0.15, -0.1) is 0 Å². The van der Waals surface area contributed by atoms with Crippen molar-refractivity contribution in [3.8, 4) is 0 Å². The van der Waals surface area contributed by atoms with Crippen LogP contribution in [0.15, 0.2) is 122 Å². The van der Waals surface area contributed by atoms with Gasteiger partial charge in [-0.25, -0.2) is 0 Å². The van der Waals surface area contributed by atoms with Crippen LogP contribution in [0.5, 0.6) is 0 Å². The van der Waals surface area contributed by atoms with Gasteiger partial charge in [0.05, 0.1) is 25.2 Å². The average molecular weight is 872 g/mol. The minimum Gasteiger partial charge on any atom is -0.458 e. The number of amides is 1. The smallest absolute Gasteiger partial charge is 0.306 e. The van der Waals surface area contributed by atoms with E-state index in [-0.39, 0.29) is 31.3 Å². The van der Waals surface area contributed by atoms with Crippen molar-refractivity contribution >= 4 is 11.9 Å². The Labute approximate surface area is 387 Å². The van der Waals surface area contributed by atoms with Crippen LogP contribution in [0.3, 0.4) is 0 Å². The van der Waals surface area contributed by atoms with Crippen LogP contribution < -0.4 is 5.32 Å². The van der Waals surface area contributed by atoms with Crippen molar-refractivity contribution in [1.29, 1.82) is 0 Å². The molecule has 0 aliphatic rings. The molecule has 0 aromatic rings. The zero-order valence-corrected chi connectivity index (χ0v) is 40.4. The van der Waals surface area contributed by atoms with Gasteiger partial charge in [0.1, 0.15) is 6.10 Å². The lowest BCUT2D eigenvalue weighted by Crippen LogP contribution is -2.46. The molecule has 0 rings (SSSR count). The van der Waals surface area contributed by atoms with E-state index >= 15 is 0 Å². The molecule has 3 unspecified atom stereocenters. The topological polar surface area (TPSA) is 95.9 Å². The van der Waals surface area contributed by atoms with Gasteiger partial charge >= 0.3 is 5.97 Å². The van der Waals surface area contributed by atoms with Gasteiger partial charge in [0.2, 0.25) is 5.91 Å². The third-order valence-corrected chi connectivity index (χ3v) is 10.7. The quantitative estimate of drug-likeness (QED) is 0.0245. The lowest BCUT2D eigenvalue weighted by atomic mass is 10.0. The molecule has 356 valence electrons. The summed E-state index contributed by atoms with van der Waals surface area (Å²) in [5, 5.41) is 23.7. The average Bonchev–Trinajstić information content (AvgIpc) is 3.28. The molecule has 6 heteroatoms. The first kappa shape index (κ1) is 59.3.